The molecule has 0 N–H and O–H groups in total. The standard InChI is InChI=1S/C15H14O/c1-16-15-10-6-5-9-14(15)12-11-13-7-3-2-4-8-13/h3,5-10H,2,4H2,1H3. The van der Waals surface area contributed by atoms with Gasteiger partial charge in [-0.1, -0.05) is 42.2 Å². The summed E-state index contributed by atoms with van der Waals surface area (Å²) in [5.74, 6) is 7.13. The van der Waals surface area contributed by atoms with Gasteiger partial charge in [-0.25, -0.2) is 0 Å². The summed E-state index contributed by atoms with van der Waals surface area (Å²) in [5.41, 5.74) is 2.03. The normalized spacial score (nSPS) is 13.7. The van der Waals surface area contributed by atoms with Crippen LogP contribution in [0.3, 0.4) is 0 Å². The first-order chi connectivity index (χ1) is 7.90. The minimum absolute atomic E-state index is 0.829. The van der Waals surface area contributed by atoms with Crippen LogP contribution in [-0.4, -0.2) is 7.11 Å². The molecule has 0 fully saturated rings. The van der Waals surface area contributed by atoms with Crippen molar-refractivity contribution in [3.05, 3.63) is 53.6 Å². The van der Waals surface area contributed by atoms with Crippen molar-refractivity contribution in [3.63, 3.8) is 0 Å². The van der Waals surface area contributed by atoms with Crippen molar-refractivity contribution in [2.45, 2.75) is 12.8 Å². The van der Waals surface area contributed by atoms with Gasteiger partial charge in [-0.3, -0.25) is 0 Å². The Hall–Kier alpha value is -1.94. The van der Waals surface area contributed by atoms with E-state index in [1.165, 1.54) is 0 Å². The second kappa shape index (κ2) is 5.23. The van der Waals surface area contributed by atoms with Gasteiger partial charge in [0.2, 0.25) is 0 Å². The highest BCUT2D eigenvalue weighted by Crippen LogP contribution is 2.16. The summed E-state index contributed by atoms with van der Waals surface area (Å²) < 4.78 is 5.25. The van der Waals surface area contributed by atoms with Crippen LogP contribution in [0.25, 0.3) is 0 Å². The molecule has 16 heavy (non-hydrogen) atoms. The van der Waals surface area contributed by atoms with E-state index in [1.807, 2.05) is 24.3 Å². The third kappa shape index (κ3) is 2.55. The lowest BCUT2D eigenvalue weighted by Crippen LogP contribution is -1.87. The van der Waals surface area contributed by atoms with Crippen molar-refractivity contribution in [2.75, 3.05) is 7.11 Å². The molecule has 0 aliphatic heterocycles. The smallest absolute Gasteiger partial charge is 0.134 e. The molecule has 1 aliphatic rings. The van der Waals surface area contributed by atoms with Gasteiger partial charge >= 0.3 is 0 Å². The fourth-order valence-corrected chi connectivity index (χ4v) is 1.59. The van der Waals surface area contributed by atoms with E-state index in [9.17, 15) is 0 Å². The van der Waals surface area contributed by atoms with Crippen LogP contribution >= 0.6 is 0 Å². The Bertz CT molecular complexity index is 484. The summed E-state index contributed by atoms with van der Waals surface area (Å²) in [6.45, 7) is 0. The van der Waals surface area contributed by atoms with Crippen LogP contribution in [0.4, 0.5) is 0 Å². The highest BCUT2D eigenvalue weighted by molar-refractivity contribution is 5.51. The molecule has 1 aromatic carbocycles. The first-order valence-corrected chi connectivity index (χ1v) is 5.42. The fraction of sp³-hybridized carbons (Fsp3) is 0.200. The van der Waals surface area contributed by atoms with Gasteiger partial charge in [-0.2, -0.15) is 0 Å². The van der Waals surface area contributed by atoms with Gasteiger partial charge in [0.05, 0.1) is 12.7 Å². The Morgan fingerprint density at radius 1 is 1.12 bits per heavy atom. The van der Waals surface area contributed by atoms with Gasteiger partial charge in [0.15, 0.2) is 0 Å². The van der Waals surface area contributed by atoms with Crippen molar-refractivity contribution in [1.29, 1.82) is 0 Å². The first-order valence-electron chi connectivity index (χ1n) is 5.42. The van der Waals surface area contributed by atoms with E-state index in [4.69, 9.17) is 4.74 Å². The van der Waals surface area contributed by atoms with Crippen LogP contribution in [0.2, 0.25) is 0 Å². The number of hydrogen-bond donors (Lipinski definition) is 0. The van der Waals surface area contributed by atoms with Gasteiger partial charge in [0.1, 0.15) is 5.75 Å². The molecule has 0 amide bonds. The average molecular weight is 210 g/mol. The number of rotatable bonds is 1. The molecule has 80 valence electrons. The number of benzene rings is 1. The molecule has 1 heteroatoms. The van der Waals surface area contributed by atoms with E-state index in [0.29, 0.717) is 0 Å². The predicted octanol–water partition coefficient (Wildman–Crippen LogP) is 3.32. The largest absolute Gasteiger partial charge is 0.495 e. The van der Waals surface area contributed by atoms with E-state index in [0.717, 1.165) is 29.7 Å². The highest BCUT2D eigenvalue weighted by Gasteiger charge is 1.97. The molecule has 0 spiro atoms. The second-order valence-corrected chi connectivity index (χ2v) is 3.59. The monoisotopic (exact) mass is 210 g/mol. The molecule has 0 bridgehead atoms. The molecule has 0 radical (unpaired) electrons. The van der Waals surface area contributed by atoms with Crippen LogP contribution in [-0.2, 0) is 0 Å². The molecule has 1 aliphatic carbocycles. The Morgan fingerprint density at radius 2 is 2.00 bits per heavy atom. The lowest BCUT2D eigenvalue weighted by atomic mass is 10.1. The highest BCUT2D eigenvalue weighted by atomic mass is 16.5. The van der Waals surface area contributed by atoms with Crippen molar-refractivity contribution in [2.24, 2.45) is 0 Å². The minimum atomic E-state index is 0.829. The molecule has 0 saturated heterocycles. The Balaban J connectivity index is 2.23. The maximum absolute atomic E-state index is 5.25. The fourth-order valence-electron chi connectivity index (χ4n) is 1.59. The van der Waals surface area contributed by atoms with Crippen LogP contribution in [0.5, 0.6) is 5.75 Å². The minimum Gasteiger partial charge on any atom is -0.495 e. The summed E-state index contributed by atoms with van der Waals surface area (Å²) >= 11 is 0. The van der Waals surface area contributed by atoms with Crippen LogP contribution in [0.1, 0.15) is 18.4 Å². The van der Waals surface area contributed by atoms with Crippen LogP contribution in [0.15, 0.2) is 48.1 Å². The van der Waals surface area contributed by atoms with Crippen molar-refractivity contribution < 1.29 is 4.74 Å². The summed E-state index contributed by atoms with van der Waals surface area (Å²) in [6, 6.07) is 7.81. The number of methoxy groups -OCH3 is 1. The molecule has 1 aromatic rings. The zero-order valence-corrected chi connectivity index (χ0v) is 9.36. The third-order valence-electron chi connectivity index (χ3n) is 2.44. The molecule has 0 unspecified atom stereocenters. The van der Waals surface area contributed by atoms with E-state index in [2.05, 4.69) is 30.1 Å². The van der Waals surface area contributed by atoms with Crippen LogP contribution < -0.4 is 4.74 Å². The summed E-state index contributed by atoms with van der Waals surface area (Å²) in [4.78, 5) is 0. The third-order valence-corrected chi connectivity index (χ3v) is 2.44. The van der Waals surface area contributed by atoms with Crippen molar-refractivity contribution in [1.82, 2.24) is 0 Å². The zero-order chi connectivity index (χ0) is 11.2. The summed E-state index contributed by atoms with van der Waals surface area (Å²) in [7, 11) is 1.67. The topological polar surface area (TPSA) is 9.23 Å². The lowest BCUT2D eigenvalue weighted by Gasteiger charge is -2.01. The number of para-hydroxylation sites is 1. The number of allylic oxidation sites excluding steroid dienone is 4. The number of hydrogen-bond acceptors (Lipinski definition) is 1. The zero-order valence-electron chi connectivity index (χ0n) is 9.36. The summed E-state index contributed by atoms with van der Waals surface area (Å²) in [6.07, 6.45) is 8.62. The van der Waals surface area contributed by atoms with Crippen LogP contribution in [0, 0.1) is 11.8 Å². The van der Waals surface area contributed by atoms with E-state index in [-0.39, 0.29) is 0 Å². The maximum atomic E-state index is 5.25. The van der Waals surface area contributed by atoms with Gasteiger partial charge in [0, 0.05) is 5.57 Å². The molecule has 0 saturated carbocycles. The van der Waals surface area contributed by atoms with Gasteiger partial charge in [0.25, 0.3) is 0 Å². The molecule has 0 heterocycles. The van der Waals surface area contributed by atoms with E-state index < -0.39 is 0 Å². The Labute approximate surface area is 96.4 Å². The quantitative estimate of drug-likeness (QED) is 0.646. The number of ether oxygens (including phenoxy) is 1. The van der Waals surface area contributed by atoms with Gasteiger partial charge in [-0.15, -0.1) is 0 Å². The lowest BCUT2D eigenvalue weighted by molar-refractivity contribution is 0.413. The summed E-state index contributed by atoms with van der Waals surface area (Å²) in [5, 5.41) is 0. The van der Waals surface area contributed by atoms with E-state index in [1.54, 1.807) is 7.11 Å². The Kier molecular flexibility index (Phi) is 3.46. The first kappa shape index (κ1) is 10.6. The van der Waals surface area contributed by atoms with Crippen molar-refractivity contribution >= 4 is 0 Å². The van der Waals surface area contributed by atoms with Crippen molar-refractivity contribution in [3.8, 4) is 17.6 Å². The molecular formula is C15H14O. The molecule has 1 nitrogen and oxygen atoms in total. The van der Waals surface area contributed by atoms with Gasteiger partial charge in [-0.05, 0) is 25.0 Å². The molecule has 2 rings (SSSR count). The average Bonchev–Trinajstić information content (AvgIpc) is 2.38. The van der Waals surface area contributed by atoms with E-state index >= 15 is 0 Å². The Morgan fingerprint density at radius 3 is 2.75 bits per heavy atom. The SMILES string of the molecule is COc1ccccc1C#CC1=CCCC=C1. The maximum Gasteiger partial charge on any atom is 0.134 e. The molecule has 0 atom stereocenters. The van der Waals surface area contributed by atoms with Gasteiger partial charge < -0.3 is 4.74 Å². The second-order valence-electron chi connectivity index (χ2n) is 3.59. The molecule has 0 aromatic heterocycles. The predicted molar refractivity (Wildman–Crippen MR) is 66.3 cm³/mol. The molecular weight excluding hydrogens is 196 g/mol.